The van der Waals surface area contributed by atoms with Crippen molar-refractivity contribution in [1.82, 2.24) is 4.72 Å². The van der Waals surface area contributed by atoms with Gasteiger partial charge in [0.15, 0.2) is 0 Å². The fourth-order valence-electron chi connectivity index (χ4n) is 1.29. The summed E-state index contributed by atoms with van der Waals surface area (Å²) in [5.41, 5.74) is 0. The van der Waals surface area contributed by atoms with Crippen molar-refractivity contribution >= 4 is 41.9 Å². The summed E-state index contributed by atoms with van der Waals surface area (Å²) in [6.07, 6.45) is 1.77. The van der Waals surface area contributed by atoms with Crippen molar-refractivity contribution in [3.05, 3.63) is 28.7 Å². The Labute approximate surface area is 119 Å². The molecule has 6 heteroatoms. The van der Waals surface area contributed by atoms with Crippen molar-refractivity contribution in [2.75, 3.05) is 6.54 Å². The summed E-state index contributed by atoms with van der Waals surface area (Å²) >= 11 is 6.70. The Morgan fingerprint density at radius 3 is 2.41 bits per heavy atom. The molecular weight excluding hydrogens is 370 g/mol. The fraction of sp³-hybridized carbons (Fsp3) is 0.455. The summed E-state index contributed by atoms with van der Waals surface area (Å²) in [6.45, 7) is 2.51. The van der Waals surface area contributed by atoms with Gasteiger partial charge in [0.2, 0.25) is 10.0 Å². The van der Waals surface area contributed by atoms with Crippen LogP contribution >= 0.6 is 31.9 Å². The summed E-state index contributed by atoms with van der Waals surface area (Å²) in [5.74, 6) is 0. The van der Waals surface area contributed by atoms with E-state index in [1.807, 2.05) is 6.92 Å². The fourth-order valence-corrected chi connectivity index (χ4v) is 2.95. The molecule has 0 heterocycles. The lowest BCUT2D eigenvalue weighted by Gasteiger charge is -2.07. The van der Waals surface area contributed by atoms with Gasteiger partial charge < -0.3 is 0 Å². The molecule has 1 rings (SSSR count). The van der Waals surface area contributed by atoms with Gasteiger partial charge >= 0.3 is 0 Å². The van der Waals surface area contributed by atoms with E-state index < -0.39 is 10.0 Å². The second-order valence-electron chi connectivity index (χ2n) is 3.77. The quantitative estimate of drug-likeness (QED) is 0.604. The minimum absolute atomic E-state index is 0.299. The molecule has 0 aliphatic heterocycles. The van der Waals surface area contributed by atoms with Crippen molar-refractivity contribution in [3.63, 3.8) is 0 Å². The third-order valence-corrected chi connectivity index (χ3v) is 4.66. The first-order valence-electron chi connectivity index (χ1n) is 5.31. The average molecular weight is 385 g/mol. The summed E-state index contributed by atoms with van der Waals surface area (Å²) in [7, 11) is -3.36. The number of benzene rings is 1. The highest BCUT2D eigenvalue weighted by Gasteiger charge is 2.12. The van der Waals surface area contributed by atoms with Crippen LogP contribution in [0.25, 0.3) is 0 Å². The van der Waals surface area contributed by atoms with E-state index in [-0.39, 0.29) is 0 Å². The lowest BCUT2D eigenvalue weighted by atomic mass is 10.2. The Bertz CT molecular complexity index is 443. The SMILES string of the molecule is CC(Br)CCCNS(=O)(=O)c1ccc(Br)cc1. The molecule has 0 aliphatic carbocycles. The maximum absolute atomic E-state index is 11.9. The number of halogens is 2. The van der Waals surface area contributed by atoms with Crippen LogP contribution in [0.15, 0.2) is 33.6 Å². The molecule has 0 fully saturated rings. The molecule has 0 aromatic heterocycles. The van der Waals surface area contributed by atoms with Gasteiger partial charge in [-0.3, -0.25) is 0 Å². The van der Waals surface area contributed by atoms with E-state index >= 15 is 0 Å². The maximum atomic E-state index is 11.9. The molecule has 3 nitrogen and oxygen atoms in total. The van der Waals surface area contributed by atoms with Gasteiger partial charge in [0.1, 0.15) is 0 Å². The van der Waals surface area contributed by atoms with Gasteiger partial charge in [0.25, 0.3) is 0 Å². The van der Waals surface area contributed by atoms with E-state index in [2.05, 4.69) is 36.6 Å². The van der Waals surface area contributed by atoms with Crippen molar-refractivity contribution in [3.8, 4) is 0 Å². The van der Waals surface area contributed by atoms with Crippen LogP contribution in [0.3, 0.4) is 0 Å². The first kappa shape index (κ1) is 15.1. The van der Waals surface area contributed by atoms with E-state index in [0.29, 0.717) is 16.3 Å². The third-order valence-electron chi connectivity index (χ3n) is 2.19. The predicted molar refractivity (Wildman–Crippen MR) is 77.0 cm³/mol. The zero-order valence-corrected chi connectivity index (χ0v) is 13.5. The van der Waals surface area contributed by atoms with Gasteiger partial charge in [-0.2, -0.15) is 0 Å². The molecule has 0 radical (unpaired) electrons. The molecule has 0 saturated heterocycles. The van der Waals surface area contributed by atoms with Gasteiger partial charge in [-0.05, 0) is 37.1 Å². The molecule has 0 bridgehead atoms. The van der Waals surface area contributed by atoms with E-state index in [4.69, 9.17) is 0 Å². The zero-order valence-electron chi connectivity index (χ0n) is 9.49. The molecule has 0 spiro atoms. The summed E-state index contributed by atoms with van der Waals surface area (Å²) in [6, 6.07) is 6.60. The number of rotatable bonds is 6. The van der Waals surface area contributed by atoms with Crippen LogP contribution in [-0.4, -0.2) is 19.8 Å². The highest BCUT2D eigenvalue weighted by molar-refractivity contribution is 9.10. The predicted octanol–water partition coefficient (Wildman–Crippen LogP) is 3.29. The van der Waals surface area contributed by atoms with E-state index in [1.165, 1.54) is 0 Å². The highest BCUT2D eigenvalue weighted by Crippen LogP contribution is 2.14. The van der Waals surface area contributed by atoms with Crippen molar-refractivity contribution in [1.29, 1.82) is 0 Å². The Balaban J connectivity index is 2.54. The summed E-state index contributed by atoms with van der Waals surface area (Å²) in [5, 5.41) is 0. The average Bonchev–Trinajstić information content (AvgIpc) is 2.25. The van der Waals surface area contributed by atoms with Gasteiger partial charge in [0, 0.05) is 15.8 Å². The molecule has 17 heavy (non-hydrogen) atoms. The highest BCUT2D eigenvalue weighted by atomic mass is 79.9. The number of hydrogen-bond donors (Lipinski definition) is 1. The van der Waals surface area contributed by atoms with Crippen molar-refractivity contribution in [2.24, 2.45) is 0 Å². The molecule has 0 amide bonds. The Morgan fingerprint density at radius 1 is 1.29 bits per heavy atom. The summed E-state index contributed by atoms with van der Waals surface area (Å²) < 4.78 is 27.2. The van der Waals surface area contributed by atoms with Gasteiger partial charge in [-0.15, -0.1) is 0 Å². The Morgan fingerprint density at radius 2 is 1.88 bits per heavy atom. The van der Waals surface area contributed by atoms with Crippen LogP contribution in [0.1, 0.15) is 19.8 Å². The maximum Gasteiger partial charge on any atom is 0.240 e. The lowest BCUT2D eigenvalue weighted by molar-refractivity contribution is 0.576. The molecule has 1 aromatic carbocycles. The molecule has 1 atom stereocenters. The normalized spacial score (nSPS) is 13.6. The van der Waals surface area contributed by atoms with Crippen molar-refractivity contribution in [2.45, 2.75) is 29.5 Å². The van der Waals surface area contributed by atoms with Gasteiger partial charge in [-0.1, -0.05) is 38.8 Å². The molecule has 0 saturated carbocycles. The minimum Gasteiger partial charge on any atom is -0.211 e. The van der Waals surface area contributed by atoms with E-state index in [1.54, 1.807) is 24.3 Å². The number of hydrogen-bond acceptors (Lipinski definition) is 2. The Kier molecular flexibility index (Phi) is 6.12. The lowest BCUT2D eigenvalue weighted by Crippen LogP contribution is -2.25. The monoisotopic (exact) mass is 383 g/mol. The largest absolute Gasteiger partial charge is 0.240 e. The van der Waals surface area contributed by atoms with E-state index in [9.17, 15) is 8.42 Å². The van der Waals surface area contributed by atoms with Crippen LogP contribution in [0.2, 0.25) is 0 Å². The molecule has 1 N–H and O–H groups in total. The van der Waals surface area contributed by atoms with Crippen LogP contribution in [0.4, 0.5) is 0 Å². The third kappa shape index (κ3) is 5.50. The van der Waals surface area contributed by atoms with Crippen LogP contribution in [0, 0.1) is 0 Å². The van der Waals surface area contributed by atoms with Crippen LogP contribution < -0.4 is 4.72 Å². The van der Waals surface area contributed by atoms with Crippen molar-refractivity contribution < 1.29 is 8.42 Å². The smallest absolute Gasteiger partial charge is 0.211 e. The van der Waals surface area contributed by atoms with Crippen LogP contribution in [0.5, 0.6) is 0 Å². The summed E-state index contributed by atoms with van der Waals surface area (Å²) in [4.78, 5) is 0.715. The molecule has 1 unspecified atom stereocenters. The van der Waals surface area contributed by atoms with Gasteiger partial charge in [-0.25, -0.2) is 13.1 Å². The zero-order chi connectivity index (χ0) is 12.9. The van der Waals surface area contributed by atoms with Crippen LogP contribution in [-0.2, 0) is 10.0 Å². The molecular formula is C11H15Br2NO2S. The number of sulfonamides is 1. The number of nitrogens with one attached hydrogen (secondary N) is 1. The number of alkyl halides is 1. The topological polar surface area (TPSA) is 46.2 Å². The second-order valence-corrected chi connectivity index (χ2v) is 8.02. The first-order valence-corrected chi connectivity index (χ1v) is 8.50. The molecule has 96 valence electrons. The minimum atomic E-state index is -3.36. The van der Waals surface area contributed by atoms with Gasteiger partial charge in [0.05, 0.1) is 4.90 Å². The Hall–Kier alpha value is 0.0900. The van der Waals surface area contributed by atoms with E-state index in [0.717, 1.165) is 17.3 Å². The molecule has 1 aromatic rings. The standard InChI is InChI=1S/C11H15Br2NO2S/c1-9(12)3-2-8-14-17(15,16)11-6-4-10(13)5-7-11/h4-7,9,14H,2-3,8H2,1H3. The second kappa shape index (κ2) is 6.87. The molecule has 0 aliphatic rings. The first-order chi connectivity index (χ1) is 7.92.